The van der Waals surface area contributed by atoms with Gasteiger partial charge in [-0.1, -0.05) is 18.2 Å². The third-order valence-corrected chi connectivity index (χ3v) is 3.94. The maximum absolute atomic E-state index is 5.95. The zero-order chi connectivity index (χ0) is 12.9. The third kappa shape index (κ3) is 1.47. The van der Waals surface area contributed by atoms with Gasteiger partial charge >= 0.3 is 0 Å². The van der Waals surface area contributed by atoms with Gasteiger partial charge in [0.15, 0.2) is 0 Å². The van der Waals surface area contributed by atoms with Crippen molar-refractivity contribution in [3.8, 4) is 11.3 Å². The molecule has 4 nitrogen and oxygen atoms in total. The molecule has 92 valence electrons. The number of nitrogens with zero attached hydrogens (tertiary/aromatic N) is 2. The van der Waals surface area contributed by atoms with Crippen LogP contribution >= 0.6 is 15.9 Å². The summed E-state index contributed by atoms with van der Waals surface area (Å²) in [5.74, 6) is 0.634. The van der Waals surface area contributed by atoms with E-state index >= 15 is 0 Å². The fourth-order valence-corrected chi connectivity index (χ4v) is 2.79. The Morgan fingerprint density at radius 2 is 2.06 bits per heavy atom. The molecule has 0 fully saturated rings. The minimum absolute atomic E-state index is 0.634. The van der Waals surface area contributed by atoms with Gasteiger partial charge < -0.3 is 10.7 Å². The highest BCUT2D eigenvalue weighted by Crippen LogP contribution is 2.37. The number of anilines is 1. The fourth-order valence-electron chi connectivity index (χ4n) is 2.25. The number of aromatic amines is 1. The molecule has 18 heavy (non-hydrogen) atoms. The van der Waals surface area contributed by atoms with Gasteiger partial charge in [-0.25, -0.2) is 0 Å². The van der Waals surface area contributed by atoms with Crippen LogP contribution in [-0.4, -0.2) is 14.8 Å². The summed E-state index contributed by atoms with van der Waals surface area (Å²) in [6.07, 6.45) is 0. The second kappa shape index (κ2) is 3.88. The standard InChI is InChI=1S/C13H13BrN4/c1-7-10(8-5-3-4-6-9(8)16-7)12-11(14)13(15)18(2)17-12/h3-6,16H,15H2,1-2H3. The number of nitrogen functional groups attached to an aromatic ring is 1. The average Bonchev–Trinajstić information content (AvgIpc) is 2.80. The largest absolute Gasteiger partial charge is 0.383 e. The van der Waals surface area contributed by atoms with Crippen molar-refractivity contribution in [3.63, 3.8) is 0 Å². The summed E-state index contributed by atoms with van der Waals surface area (Å²) >= 11 is 3.52. The number of hydrogen-bond donors (Lipinski definition) is 2. The number of halogens is 1. The Morgan fingerprint density at radius 1 is 1.33 bits per heavy atom. The van der Waals surface area contributed by atoms with Crippen LogP contribution in [0.5, 0.6) is 0 Å². The molecule has 5 heteroatoms. The van der Waals surface area contributed by atoms with E-state index in [1.165, 1.54) is 0 Å². The number of para-hydroxylation sites is 1. The SMILES string of the molecule is Cc1[nH]c2ccccc2c1-c1nn(C)c(N)c1Br. The Bertz CT molecular complexity index is 739. The molecular weight excluding hydrogens is 292 g/mol. The lowest BCUT2D eigenvalue weighted by atomic mass is 10.1. The van der Waals surface area contributed by atoms with E-state index in [2.05, 4.69) is 38.1 Å². The zero-order valence-corrected chi connectivity index (χ0v) is 11.7. The molecule has 3 rings (SSSR count). The number of aryl methyl sites for hydroxylation is 2. The summed E-state index contributed by atoms with van der Waals surface area (Å²) in [6, 6.07) is 8.20. The van der Waals surface area contributed by atoms with Crippen molar-refractivity contribution in [1.82, 2.24) is 14.8 Å². The number of hydrogen-bond acceptors (Lipinski definition) is 2. The van der Waals surface area contributed by atoms with Crippen molar-refractivity contribution in [2.75, 3.05) is 5.73 Å². The molecule has 2 aromatic heterocycles. The highest BCUT2D eigenvalue weighted by atomic mass is 79.9. The lowest BCUT2D eigenvalue weighted by Gasteiger charge is -1.97. The molecule has 0 bridgehead atoms. The maximum Gasteiger partial charge on any atom is 0.136 e. The Balaban J connectivity index is 2.37. The second-order valence-electron chi connectivity index (χ2n) is 4.34. The molecule has 0 unspecified atom stereocenters. The minimum atomic E-state index is 0.634. The van der Waals surface area contributed by atoms with E-state index in [1.807, 2.05) is 26.1 Å². The van der Waals surface area contributed by atoms with Gasteiger partial charge in [-0.3, -0.25) is 4.68 Å². The maximum atomic E-state index is 5.95. The first-order valence-electron chi connectivity index (χ1n) is 5.65. The highest BCUT2D eigenvalue weighted by molar-refractivity contribution is 9.10. The molecule has 0 aliphatic rings. The first kappa shape index (κ1) is 11.3. The van der Waals surface area contributed by atoms with Crippen molar-refractivity contribution in [2.45, 2.75) is 6.92 Å². The number of nitrogens with one attached hydrogen (secondary N) is 1. The summed E-state index contributed by atoms with van der Waals surface area (Å²) < 4.78 is 2.53. The van der Waals surface area contributed by atoms with Gasteiger partial charge in [-0.05, 0) is 28.9 Å². The Hall–Kier alpha value is -1.75. The van der Waals surface area contributed by atoms with E-state index in [1.54, 1.807) is 4.68 Å². The van der Waals surface area contributed by atoms with Gasteiger partial charge in [0.2, 0.25) is 0 Å². The first-order chi connectivity index (χ1) is 8.59. The predicted octanol–water partition coefficient (Wildman–Crippen LogP) is 3.22. The van der Waals surface area contributed by atoms with E-state index in [-0.39, 0.29) is 0 Å². The molecule has 0 radical (unpaired) electrons. The quantitative estimate of drug-likeness (QED) is 0.725. The average molecular weight is 305 g/mol. The van der Waals surface area contributed by atoms with Crippen LogP contribution in [0.2, 0.25) is 0 Å². The van der Waals surface area contributed by atoms with Crippen LogP contribution in [-0.2, 0) is 7.05 Å². The molecule has 3 N–H and O–H groups in total. The lowest BCUT2D eigenvalue weighted by Crippen LogP contribution is -1.97. The molecule has 0 amide bonds. The summed E-state index contributed by atoms with van der Waals surface area (Å²) in [7, 11) is 1.84. The molecule has 0 saturated heterocycles. The van der Waals surface area contributed by atoms with Crippen molar-refractivity contribution >= 4 is 32.7 Å². The molecule has 0 saturated carbocycles. The molecule has 0 spiro atoms. The number of rotatable bonds is 1. The molecule has 0 atom stereocenters. The highest BCUT2D eigenvalue weighted by Gasteiger charge is 2.18. The number of aromatic nitrogens is 3. The van der Waals surface area contributed by atoms with Crippen LogP contribution in [0.25, 0.3) is 22.2 Å². The summed E-state index contributed by atoms with van der Waals surface area (Å²) in [6.45, 7) is 2.05. The predicted molar refractivity (Wildman–Crippen MR) is 77.4 cm³/mol. The van der Waals surface area contributed by atoms with E-state index in [0.29, 0.717) is 5.82 Å². The van der Waals surface area contributed by atoms with E-state index < -0.39 is 0 Å². The summed E-state index contributed by atoms with van der Waals surface area (Å²) in [5.41, 5.74) is 10.1. The van der Waals surface area contributed by atoms with Gasteiger partial charge in [0.25, 0.3) is 0 Å². The smallest absolute Gasteiger partial charge is 0.136 e. The molecule has 0 aliphatic carbocycles. The fraction of sp³-hybridized carbons (Fsp3) is 0.154. The normalized spacial score (nSPS) is 11.3. The summed E-state index contributed by atoms with van der Waals surface area (Å²) in [5, 5.41) is 5.65. The van der Waals surface area contributed by atoms with E-state index in [0.717, 1.165) is 32.3 Å². The van der Waals surface area contributed by atoms with Crippen LogP contribution < -0.4 is 5.73 Å². The van der Waals surface area contributed by atoms with Crippen LogP contribution in [0.4, 0.5) is 5.82 Å². The zero-order valence-electron chi connectivity index (χ0n) is 10.2. The van der Waals surface area contributed by atoms with Crippen LogP contribution in [0.1, 0.15) is 5.69 Å². The number of benzene rings is 1. The Morgan fingerprint density at radius 3 is 2.72 bits per heavy atom. The Labute approximate surface area is 113 Å². The van der Waals surface area contributed by atoms with Crippen LogP contribution in [0.15, 0.2) is 28.7 Å². The van der Waals surface area contributed by atoms with Gasteiger partial charge in [0, 0.05) is 29.2 Å². The molecule has 2 heterocycles. The van der Waals surface area contributed by atoms with Crippen molar-refractivity contribution < 1.29 is 0 Å². The Kier molecular flexibility index (Phi) is 2.45. The van der Waals surface area contributed by atoms with E-state index in [4.69, 9.17) is 5.73 Å². The van der Waals surface area contributed by atoms with Gasteiger partial charge in [-0.15, -0.1) is 0 Å². The number of fused-ring (bicyclic) bond motifs is 1. The number of H-pyrrole nitrogens is 1. The van der Waals surface area contributed by atoms with Crippen LogP contribution in [0.3, 0.4) is 0 Å². The number of nitrogens with two attached hydrogens (primary N) is 1. The van der Waals surface area contributed by atoms with Crippen molar-refractivity contribution in [3.05, 3.63) is 34.4 Å². The first-order valence-corrected chi connectivity index (χ1v) is 6.44. The van der Waals surface area contributed by atoms with Crippen molar-refractivity contribution in [2.24, 2.45) is 7.05 Å². The third-order valence-electron chi connectivity index (χ3n) is 3.16. The minimum Gasteiger partial charge on any atom is -0.383 e. The molecule has 3 aromatic rings. The molecule has 0 aliphatic heterocycles. The van der Waals surface area contributed by atoms with Gasteiger partial charge in [0.1, 0.15) is 11.5 Å². The van der Waals surface area contributed by atoms with Gasteiger partial charge in [-0.2, -0.15) is 5.10 Å². The summed E-state index contributed by atoms with van der Waals surface area (Å²) in [4.78, 5) is 3.37. The van der Waals surface area contributed by atoms with Crippen molar-refractivity contribution in [1.29, 1.82) is 0 Å². The van der Waals surface area contributed by atoms with Gasteiger partial charge in [0.05, 0.1) is 4.47 Å². The molecule has 1 aromatic carbocycles. The van der Waals surface area contributed by atoms with E-state index in [9.17, 15) is 0 Å². The second-order valence-corrected chi connectivity index (χ2v) is 5.14. The monoisotopic (exact) mass is 304 g/mol. The topological polar surface area (TPSA) is 59.6 Å². The molecular formula is C13H13BrN4. The van der Waals surface area contributed by atoms with Crippen LogP contribution in [0, 0.1) is 6.92 Å². The lowest BCUT2D eigenvalue weighted by molar-refractivity contribution is 0.782.